The molecule has 1 amide bonds. The number of primary amides is 1. The van der Waals surface area contributed by atoms with Crippen LogP contribution in [0, 0.1) is 0 Å². The van der Waals surface area contributed by atoms with Gasteiger partial charge in [-0.3, -0.25) is 4.79 Å². The molecule has 16 heavy (non-hydrogen) atoms. The maximum absolute atomic E-state index is 10.6. The molecule has 2 N–H and O–H groups in total. The summed E-state index contributed by atoms with van der Waals surface area (Å²) >= 11 is 1.25. The minimum Gasteiger partial charge on any atom is -0.461 e. The molecule has 0 bridgehead atoms. The van der Waals surface area contributed by atoms with Gasteiger partial charge in [-0.25, -0.2) is 0 Å². The van der Waals surface area contributed by atoms with Crippen LogP contribution in [0.3, 0.4) is 0 Å². The van der Waals surface area contributed by atoms with E-state index in [0.29, 0.717) is 16.7 Å². The van der Waals surface area contributed by atoms with Crippen LogP contribution < -0.4 is 5.73 Å². The van der Waals surface area contributed by atoms with E-state index in [4.69, 9.17) is 10.2 Å². The van der Waals surface area contributed by atoms with Gasteiger partial charge in [-0.15, -0.1) is 10.2 Å². The molecule has 84 valence electrons. The molecule has 0 fully saturated rings. The number of carbonyl (C=O) groups excluding carboxylic acids is 1. The van der Waals surface area contributed by atoms with Crippen molar-refractivity contribution in [2.75, 3.05) is 5.75 Å². The van der Waals surface area contributed by atoms with Gasteiger partial charge in [0.05, 0.1) is 12.0 Å². The molecule has 0 aliphatic carbocycles. The van der Waals surface area contributed by atoms with E-state index in [-0.39, 0.29) is 11.7 Å². The average molecular weight is 238 g/mol. The van der Waals surface area contributed by atoms with Crippen LogP contribution in [0.5, 0.6) is 0 Å². The molecule has 2 aromatic rings. The Labute approximate surface area is 95.8 Å². The van der Waals surface area contributed by atoms with Crippen molar-refractivity contribution in [1.29, 1.82) is 0 Å². The summed E-state index contributed by atoms with van der Waals surface area (Å²) in [4.78, 5) is 10.6. The number of rotatable bonds is 4. The molecule has 2 rings (SSSR count). The molecule has 0 unspecified atom stereocenters. The molecular formula is C9H10N4O2S. The second-order valence-corrected chi connectivity index (χ2v) is 4.04. The molecule has 0 aliphatic rings. The van der Waals surface area contributed by atoms with Crippen LogP contribution in [0.15, 0.2) is 28.0 Å². The van der Waals surface area contributed by atoms with Gasteiger partial charge in [0.25, 0.3) is 0 Å². The van der Waals surface area contributed by atoms with Crippen LogP contribution in [0.1, 0.15) is 0 Å². The first kappa shape index (κ1) is 10.7. The third kappa shape index (κ3) is 2.08. The summed E-state index contributed by atoms with van der Waals surface area (Å²) in [6.45, 7) is 0. The van der Waals surface area contributed by atoms with Gasteiger partial charge in [0, 0.05) is 7.05 Å². The quantitative estimate of drug-likeness (QED) is 0.790. The molecule has 2 aromatic heterocycles. The zero-order chi connectivity index (χ0) is 11.5. The average Bonchev–Trinajstić information content (AvgIpc) is 2.84. The molecule has 0 saturated heterocycles. The molecular weight excluding hydrogens is 228 g/mol. The predicted octanol–water partition coefficient (Wildman–Crippen LogP) is 0.652. The van der Waals surface area contributed by atoms with Gasteiger partial charge in [-0.2, -0.15) is 0 Å². The Hall–Kier alpha value is -1.76. The van der Waals surface area contributed by atoms with Crippen LogP contribution >= 0.6 is 11.8 Å². The van der Waals surface area contributed by atoms with E-state index in [1.807, 2.05) is 0 Å². The highest BCUT2D eigenvalue weighted by atomic mass is 32.2. The van der Waals surface area contributed by atoms with E-state index in [0.717, 1.165) is 0 Å². The van der Waals surface area contributed by atoms with Gasteiger partial charge in [0.15, 0.2) is 16.7 Å². The van der Waals surface area contributed by atoms with Crippen molar-refractivity contribution in [1.82, 2.24) is 14.8 Å². The largest absolute Gasteiger partial charge is 0.461 e. The van der Waals surface area contributed by atoms with Crippen molar-refractivity contribution in [2.45, 2.75) is 5.16 Å². The van der Waals surface area contributed by atoms with Gasteiger partial charge in [-0.1, -0.05) is 11.8 Å². The Morgan fingerprint density at radius 2 is 2.44 bits per heavy atom. The Balaban J connectivity index is 2.21. The van der Waals surface area contributed by atoms with E-state index in [2.05, 4.69) is 10.2 Å². The summed E-state index contributed by atoms with van der Waals surface area (Å²) in [5, 5.41) is 8.56. The van der Waals surface area contributed by atoms with Crippen LogP contribution in [-0.4, -0.2) is 26.4 Å². The number of hydrogen-bond donors (Lipinski definition) is 1. The molecule has 0 spiro atoms. The van der Waals surface area contributed by atoms with Gasteiger partial charge in [0.1, 0.15) is 0 Å². The lowest BCUT2D eigenvalue weighted by molar-refractivity contribution is -0.115. The van der Waals surface area contributed by atoms with E-state index in [9.17, 15) is 4.79 Å². The summed E-state index contributed by atoms with van der Waals surface area (Å²) in [5.41, 5.74) is 5.06. The predicted molar refractivity (Wildman–Crippen MR) is 58.6 cm³/mol. The summed E-state index contributed by atoms with van der Waals surface area (Å²) < 4.78 is 6.97. The minimum absolute atomic E-state index is 0.185. The number of amides is 1. The first-order valence-electron chi connectivity index (χ1n) is 4.53. The number of carbonyl (C=O) groups is 1. The second-order valence-electron chi connectivity index (χ2n) is 3.10. The lowest BCUT2D eigenvalue weighted by atomic mass is 10.4. The fourth-order valence-corrected chi connectivity index (χ4v) is 1.85. The smallest absolute Gasteiger partial charge is 0.227 e. The molecule has 0 atom stereocenters. The lowest BCUT2D eigenvalue weighted by Crippen LogP contribution is -2.13. The number of aromatic nitrogens is 3. The molecule has 2 heterocycles. The first-order valence-corrected chi connectivity index (χ1v) is 5.51. The van der Waals surface area contributed by atoms with Crippen molar-refractivity contribution in [2.24, 2.45) is 12.8 Å². The van der Waals surface area contributed by atoms with Crippen molar-refractivity contribution in [3.8, 4) is 11.6 Å². The number of thioether (sulfide) groups is 1. The van der Waals surface area contributed by atoms with Crippen molar-refractivity contribution in [3.05, 3.63) is 18.4 Å². The Morgan fingerprint density at radius 1 is 1.62 bits per heavy atom. The van der Waals surface area contributed by atoms with Gasteiger partial charge < -0.3 is 14.7 Å². The van der Waals surface area contributed by atoms with Crippen LogP contribution in [-0.2, 0) is 11.8 Å². The zero-order valence-corrected chi connectivity index (χ0v) is 9.40. The molecule has 7 heteroatoms. The maximum Gasteiger partial charge on any atom is 0.227 e. The van der Waals surface area contributed by atoms with Crippen molar-refractivity contribution < 1.29 is 9.21 Å². The Morgan fingerprint density at radius 3 is 3.06 bits per heavy atom. The fraction of sp³-hybridized carbons (Fsp3) is 0.222. The number of hydrogen-bond acceptors (Lipinski definition) is 5. The van der Waals surface area contributed by atoms with Crippen LogP contribution in [0.25, 0.3) is 11.6 Å². The normalized spacial score (nSPS) is 10.6. The summed E-state index contributed by atoms with van der Waals surface area (Å²) in [6, 6.07) is 3.58. The summed E-state index contributed by atoms with van der Waals surface area (Å²) in [7, 11) is 1.81. The highest BCUT2D eigenvalue weighted by Gasteiger charge is 2.13. The van der Waals surface area contributed by atoms with E-state index >= 15 is 0 Å². The third-order valence-corrected chi connectivity index (χ3v) is 2.96. The maximum atomic E-state index is 10.6. The molecule has 6 nitrogen and oxygen atoms in total. The van der Waals surface area contributed by atoms with Gasteiger partial charge >= 0.3 is 0 Å². The van der Waals surface area contributed by atoms with Crippen LogP contribution in [0.2, 0.25) is 0 Å². The molecule has 0 saturated carbocycles. The minimum atomic E-state index is -0.382. The highest BCUT2D eigenvalue weighted by molar-refractivity contribution is 7.99. The second kappa shape index (κ2) is 4.40. The highest BCUT2D eigenvalue weighted by Crippen LogP contribution is 2.22. The number of nitrogens with zero attached hydrogens (tertiary/aromatic N) is 3. The molecule has 0 radical (unpaired) electrons. The van der Waals surface area contributed by atoms with Gasteiger partial charge in [0.2, 0.25) is 5.91 Å². The first-order chi connectivity index (χ1) is 7.68. The van der Waals surface area contributed by atoms with E-state index < -0.39 is 0 Å². The molecule has 0 aliphatic heterocycles. The lowest BCUT2D eigenvalue weighted by Gasteiger charge is -1.99. The van der Waals surface area contributed by atoms with Crippen molar-refractivity contribution in [3.63, 3.8) is 0 Å². The SMILES string of the molecule is Cn1c(SCC(N)=O)nnc1-c1ccco1. The monoisotopic (exact) mass is 238 g/mol. The van der Waals surface area contributed by atoms with E-state index in [1.54, 1.807) is 30.0 Å². The number of nitrogens with two attached hydrogens (primary N) is 1. The van der Waals surface area contributed by atoms with Gasteiger partial charge in [-0.05, 0) is 12.1 Å². The standard InChI is InChI=1S/C9H10N4O2S/c1-13-8(6-3-2-4-15-6)11-12-9(13)16-5-7(10)14/h2-4H,5H2,1H3,(H2,10,14). The molecule has 0 aromatic carbocycles. The van der Waals surface area contributed by atoms with Crippen molar-refractivity contribution >= 4 is 17.7 Å². The summed E-state index contributed by atoms with van der Waals surface area (Å²) in [6.07, 6.45) is 1.57. The van der Waals surface area contributed by atoms with Crippen LogP contribution in [0.4, 0.5) is 0 Å². The third-order valence-electron chi connectivity index (χ3n) is 1.92. The summed E-state index contributed by atoms with van der Waals surface area (Å²) in [5.74, 6) is 1.06. The Kier molecular flexibility index (Phi) is 2.95. The zero-order valence-electron chi connectivity index (χ0n) is 8.58. The Bertz CT molecular complexity index is 492. The van der Waals surface area contributed by atoms with E-state index in [1.165, 1.54) is 11.8 Å². The number of furan rings is 1. The fourth-order valence-electron chi connectivity index (χ4n) is 1.20. The topological polar surface area (TPSA) is 86.9 Å².